The van der Waals surface area contributed by atoms with Crippen molar-refractivity contribution in [2.24, 2.45) is 0 Å². The van der Waals surface area contributed by atoms with Crippen molar-refractivity contribution in [3.05, 3.63) is 29.0 Å². The molecule has 3 aromatic rings. The van der Waals surface area contributed by atoms with Crippen LogP contribution in [0.15, 0.2) is 18.5 Å². The van der Waals surface area contributed by atoms with Crippen molar-refractivity contribution < 1.29 is 14.3 Å². The molecule has 0 fully saturated rings. The predicted octanol–water partition coefficient (Wildman–Crippen LogP) is 1.97. The lowest BCUT2D eigenvalue weighted by molar-refractivity contribution is -0.128. The highest BCUT2D eigenvalue weighted by Crippen LogP contribution is 2.34. The number of ether oxygens (including phenoxy) is 1. The molecular weight excluding hydrogens is 432 g/mol. The van der Waals surface area contributed by atoms with E-state index in [1.807, 2.05) is 0 Å². The number of aromatic nitrogens is 3. The molecule has 4 N–H and O–H groups in total. The molecule has 0 aliphatic heterocycles. The van der Waals surface area contributed by atoms with Crippen molar-refractivity contribution in [2.75, 3.05) is 45.8 Å². The van der Waals surface area contributed by atoms with E-state index in [1.54, 1.807) is 33.3 Å². The number of rotatable bonds is 8. The summed E-state index contributed by atoms with van der Waals surface area (Å²) in [7, 11) is 6.48. The summed E-state index contributed by atoms with van der Waals surface area (Å²) >= 11 is 1.14. The third-order valence-corrected chi connectivity index (χ3v) is 5.65. The summed E-state index contributed by atoms with van der Waals surface area (Å²) in [5, 5.41) is 10.9. The number of fused-ring (bicyclic) bond motifs is 1. The van der Waals surface area contributed by atoms with Crippen LogP contribution in [0.2, 0.25) is 0 Å². The molecule has 2 amide bonds. The molecule has 0 spiro atoms. The van der Waals surface area contributed by atoms with Crippen molar-refractivity contribution in [1.29, 1.82) is 5.41 Å². The molecule has 168 valence electrons. The van der Waals surface area contributed by atoms with Gasteiger partial charge in [0.15, 0.2) is 10.8 Å². The van der Waals surface area contributed by atoms with Gasteiger partial charge in [0.25, 0.3) is 5.91 Å². The van der Waals surface area contributed by atoms with E-state index in [-0.39, 0.29) is 29.8 Å². The van der Waals surface area contributed by atoms with Crippen LogP contribution in [0.3, 0.4) is 0 Å². The van der Waals surface area contributed by atoms with Gasteiger partial charge in [-0.15, -0.1) is 0 Å². The van der Waals surface area contributed by atoms with Gasteiger partial charge in [-0.1, -0.05) is 11.3 Å². The average Bonchev–Trinajstić information content (AvgIpc) is 3.22. The molecule has 0 atom stereocenters. The number of anilines is 3. The second kappa shape index (κ2) is 9.56. The van der Waals surface area contributed by atoms with E-state index < -0.39 is 0 Å². The maximum atomic E-state index is 12.8. The minimum absolute atomic E-state index is 0.0620. The van der Waals surface area contributed by atoms with Crippen LogP contribution >= 0.6 is 11.3 Å². The van der Waals surface area contributed by atoms with Crippen LogP contribution in [0.5, 0.6) is 5.75 Å². The molecule has 0 saturated carbocycles. The number of nitrogens with zero attached hydrogens (tertiary/aromatic N) is 5. The highest BCUT2D eigenvalue weighted by atomic mass is 32.1. The smallest absolute Gasteiger partial charge is 0.282 e. The number of nitrogens with one attached hydrogen (secondary N) is 2. The second-order valence-electron chi connectivity index (χ2n) is 7.11. The molecule has 12 heteroatoms. The molecule has 0 aliphatic carbocycles. The summed E-state index contributed by atoms with van der Waals surface area (Å²) in [6.07, 6.45) is 2.74. The first-order valence-corrected chi connectivity index (χ1v) is 10.4. The van der Waals surface area contributed by atoms with E-state index in [4.69, 9.17) is 15.9 Å². The van der Waals surface area contributed by atoms with E-state index in [1.165, 1.54) is 23.2 Å². The first kappa shape index (κ1) is 22.9. The Balaban J connectivity index is 1.88. The lowest BCUT2D eigenvalue weighted by atomic mass is 10.1. The van der Waals surface area contributed by atoms with Gasteiger partial charge in [0.2, 0.25) is 5.91 Å². The third-order valence-electron chi connectivity index (χ3n) is 4.70. The van der Waals surface area contributed by atoms with E-state index in [0.29, 0.717) is 38.9 Å². The highest BCUT2D eigenvalue weighted by Gasteiger charge is 2.21. The number of nitrogen functional groups attached to an aromatic ring is 1. The van der Waals surface area contributed by atoms with Gasteiger partial charge in [0.1, 0.15) is 22.4 Å². The monoisotopic (exact) mass is 456 g/mol. The summed E-state index contributed by atoms with van der Waals surface area (Å²) in [5.41, 5.74) is 7.82. The van der Waals surface area contributed by atoms with Gasteiger partial charge in [-0.2, -0.15) is 0 Å². The van der Waals surface area contributed by atoms with Gasteiger partial charge in [0, 0.05) is 57.6 Å². The molecule has 11 nitrogen and oxygen atoms in total. The van der Waals surface area contributed by atoms with Gasteiger partial charge in [-0.05, 0) is 6.07 Å². The van der Waals surface area contributed by atoms with E-state index in [9.17, 15) is 9.59 Å². The number of carbonyl (C=O) groups excluding carboxylic acids is 2. The molecule has 0 radical (unpaired) electrons. The average molecular weight is 457 g/mol. The Morgan fingerprint density at radius 2 is 2.03 bits per heavy atom. The van der Waals surface area contributed by atoms with Crippen molar-refractivity contribution in [3.8, 4) is 5.75 Å². The number of amides is 2. The number of methoxy groups -OCH3 is 1. The SMILES string of the molecule is COc1cc(N)c(C=N)cc1Nc1ncnc2sc(C(=O)N(C)CCC(=O)N(C)C)nc12. The number of carbonyl (C=O) groups is 2. The maximum absolute atomic E-state index is 12.8. The molecule has 0 aliphatic rings. The lowest BCUT2D eigenvalue weighted by Gasteiger charge is -2.17. The largest absolute Gasteiger partial charge is 0.494 e. The van der Waals surface area contributed by atoms with Crippen molar-refractivity contribution in [3.63, 3.8) is 0 Å². The summed E-state index contributed by atoms with van der Waals surface area (Å²) in [4.78, 5) is 41.0. The van der Waals surface area contributed by atoms with Crippen LogP contribution in [0, 0.1) is 5.41 Å². The van der Waals surface area contributed by atoms with Crippen LogP contribution in [0.4, 0.5) is 17.2 Å². The minimum atomic E-state index is -0.304. The van der Waals surface area contributed by atoms with Crippen LogP contribution in [-0.4, -0.2) is 77.6 Å². The quantitative estimate of drug-likeness (QED) is 0.344. The molecular formula is C20H24N8O3S. The van der Waals surface area contributed by atoms with Crippen LogP contribution in [0.1, 0.15) is 21.8 Å². The fraction of sp³-hybridized carbons (Fsp3) is 0.300. The first-order chi connectivity index (χ1) is 15.2. The topological polar surface area (TPSA) is 150 Å². The van der Waals surface area contributed by atoms with Crippen LogP contribution < -0.4 is 15.8 Å². The Labute approximate surface area is 188 Å². The Kier molecular flexibility index (Phi) is 6.83. The van der Waals surface area contributed by atoms with Crippen molar-refractivity contribution >= 4 is 56.9 Å². The van der Waals surface area contributed by atoms with Gasteiger partial charge in [-0.25, -0.2) is 15.0 Å². The lowest BCUT2D eigenvalue weighted by Crippen LogP contribution is -2.32. The minimum Gasteiger partial charge on any atom is -0.494 e. The number of hydrogen-bond acceptors (Lipinski definition) is 10. The molecule has 2 aromatic heterocycles. The zero-order valence-electron chi connectivity index (χ0n) is 18.2. The number of nitrogens with two attached hydrogens (primary N) is 1. The van der Waals surface area contributed by atoms with E-state index in [2.05, 4.69) is 20.3 Å². The Morgan fingerprint density at radius 1 is 1.28 bits per heavy atom. The van der Waals surface area contributed by atoms with Crippen LogP contribution in [-0.2, 0) is 4.79 Å². The Hall–Kier alpha value is -3.80. The second-order valence-corrected chi connectivity index (χ2v) is 8.09. The zero-order chi connectivity index (χ0) is 23.4. The molecule has 2 heterocycles. The van der Waals surface area contributed by atoms with Gasteiger partial charge >= 0.3 is 0 Å². The van der Waals surface area contributed by atoms with Crippen molar-refractivity contribution in [2.45, 2.75) is 6.42 Å². The highest BCUT2D eigenvalue weighted by molar-refractivity contribution is 7.19. The normalized spacial score (nSPS) is 10.6. The predicted molar refractivity (Wildman–Crippen MR) is 124 cm³/mol. The molecule has 1 aromatic carbocycles. The molecule has 32 heavy (non-hydrogen) atoms. The van der Waals surface area contributed by atoms with Gasteiger partial charge < -0.3 is 31.0 Å². The molecule has 0 saturated heterocycles. The Bertz CT molecular complexity index is 1180. The van der Waals surface area contributed by atoms with Crippen LogP contribution in [0.25, 0.3) is 10.3 Å². The van der Waals surface area contributed by atoms with Crippen molar-refractivity contribution in [1.82, 2.24) is 24.8 Å². The fourth-order valence-electron chi connectivity index (χ4n) is 2.82. The van der Waals surface area contributed by atoms with Gasteiger partial charge in [-0.3, -0.25) is 9.59 Å². The number of thiazole rings is 1. The van der Waals surface area contributed by atoms with E-state index >= 15 is 0 Å². The summed E-state index contributed by atoms with van der Waals surface area (Å²) in [5.74, 6) is 0.487. The fourth-order valence-corrected chi connectivity index (χ4v) is 3.72. The maximum Gasteiger partial charge on any atom is 0.282 e. The third kappa shape index (κ3) is 4.75. The van der Waals surface area contributed by atoms with Gasteiger partial charge in [0.05, 0.1) is 12.8 Å². The first-order valence-electron chi connectivity index (χ1n) is 9.57. The summed E-state index contributed by atoms with van der Waals surface area (Å²) < 4.78 is 5.38. The molecule has 0 bridgehead atoms. The zero-order valence-corrected chi connectivity index (χ0v) is 19.0. The van der Waals surface area contributed by atoms with E-state index in [0.717, 1.165) is 17.6 Å². The summed E-state index contributed by atoms with van der Waals surface area (Å²) in [6.45, 7) is 0.275. The number of hydrogen-bond donors (Lipinski definition) is 3. The number of benzene rings is 1. The summed E-state index contributed by atoms with van der Waals surface area (Å²) in [6, 6.07) is 3.28. The standard InChI is InChI=1S/C20H24N8O3S/c1-27(2)15(29)5-6-28(3)20(30)19-26-16-17(23-10-24-18(16)32-19)25-13-7-11(9-21)12(22)8-14(13)31-4/h7-10,21H,5-6,22H2,1-4H3,(H,23,24,25). The molecule has 0 unspecified atom stereocenters. The molecule has 3 rings (SSSR count). The Morgan fingerprint density at radius 3 is 2.69 bits per heavy atom.